The van der Waals surface area contributed by atoms with Crippen molar-refractivity contribution in [3.63, 3.8) is 0 Å². The lowest BCUT2D eigenvalue weighted by Crippen LogP contribution is -2.36. The molecule has 0 aromatic heterocycles. The molecule has 3 heteroatoms. The van der Waals surface area contributed by atoms with E-state index in [1.165, 1.54) is 0 Å². The molecule has 1 aromatic carbocycles. The SMILES string of the molecule is Cc1cccc(CN[C@H](CO)C(C)C)c1O. The summed E-state index contributed by atoms with van der Waals surface area (Å²) in [6, 6.07) is 5.77. The summed E-state index contributed by atoms with van der Waals surface area (Å²) in [4.78, 5) is 0. The number of hydrogen-bond acceptors (Lipinski definition) is 3. The van der Waals surface area contributed by atoms with Crippen LogP contribution in [0.2, 0.25) is 0 Å². The zero-order valence-corrected chi connectivity index (χ0v) is 10.2. The van der Waals surface area contributed by atoms with Crippen molar-refractivity contribution in [2.24, 2.45) is 5.92 Å². The molecule has 3 N–H and O–H groups in total. The Morgan fingerprint density at radius 3 is 2.56 bits per heavy atom. The molecule has 0 spiro atoms. The Bertz CT molecular complexity index is 337. The minimum atomic E-state index is 0.0694. The Labute approximate surface area is 97.1 Å². The van der Waals surface area contributed by atoms with Crippen LogP contribution in [-0.2, 0) is 6.54 Å². The molecule has 0 aliphatic heterocycles. The van der Waals surface area contributed by atoms with Gasteiger partial charge in [-0.2, -0.15) is 0 Å². The molecule has 1 aromatic rings. The number of benzene rings is 1. The van der Waals surface area contributed by atoms with E-state index in [9.17, 15) is 10.2 Å². The maximum Gasteiger partial charge on any atom is 0.122 e. The molecular weight excluding hydrogens is 202 g/mol. The number of nitrogens with one attached hydrogen (secondary N) is 1. The third kappa shape index (κ3) is 3.22. The van der Waals surface area contributed by atoms with E-state index in [1.807, 2.05) is 25.1 Å². The highest BCUT2D eigenvalue weighted by molar-refractivity contribution is 5.39. The van der Waals surface area contributed by atoms with Crippen LogP contribution in [0.25, 0.3) is 0 Å². The molecule has 0 fully saturated rings. The lowest BCUT2D eigenvalue weighted by atomic mass is 10.0. The smallest absolute Gasteiger partial charge is 0.122 e. The summed E-state index contributed by atoms with van der Waals surface area (Å²) in [5.74, 6) is 0.715. The van der Waals surface area contributed by atoms with Crippen molar-refractivity contribution in [2.75, 3.05) is 6.61 Å². The monoisotopic (exact) mass is 223 g/mol. The number of aryl methyl sites for hydroxylation is 1. The predicted molar refractivity (Wildman–Crippen MR) is 65.4 cm³/mol. The van der Waals surface area contributed by atoms with Crippen molar-refractivity contribution in [1.29, 1.82) is 0 Å². The molecule has 0 unspecified atom stereocenters. The van der Waals surface area contributed by atoms with E-state index in [2.05, 4.69) is 19.2 Å². The summed E-state index contributed by atoms with van der Waals surface area (Å²) in [5, 5.41) is 22.2. The summed E-state index contributed by atoms with van der Waals surface area (Å²) < 4.78 is 0. The van der Waals surface area contributed by atoms with Crippen LogP contribution in [0.4, 0.5) is 0 Å². The van der Waals surface area contributed by atoms with E-state index in [0.717, 1.165) is 11.1 Å². The van der Waals surface area contributed by atoms with Crippen LogP contribution >= 0.6 is 0 Å². The highest BCUT2D eigenvalue weighted by Crippen LogP contribution is 2.21. The fourth-order valence-corrected chi connectivity index (χ4v) is 1.61. The van der Waals surface area contributed by atoms with Crippen molar-refractivity contribution < 1.29 is 10.2 Å². The molecule has 0 aliphatic carbocycles. The molecule has 0 saturated carbocycles. The van der Waals surface area contributed by atoms with Gasteiger partial charge in [-0.1, -0.05) is 32.0 Å². The Hall–Kier alpha value is -1.06. The molecule has 1 rings (SSSR count). The average molecular weight is 223 g/mol. The molecule has 0 heterocycles. The van der Waals surface area contributed by atoms with Crippen molar-refractivity contribution in [1.82, 2.24) is 5.32 Å². The Morgan fingerprint density at radius 1 is 1.31 bits per heavy atom. The second-order valence-electron chi connectivity index (χ2n) is 4.50. The fraction of sp³-hybridized carbons (Fsp3) is 0.538. The van der Waals surface area contributed by atoms with Gasteiger partial charge < -0.3 is 15.5 Å². The number of hydrogen-bond donors (Lipinski definition) is 3. The molecule has 1 atom stereocenters. The van der Waals surface area contributed by atoms with E-state index < -0.39 is 0 Å². The first-order valence-corrected chi connectivity index (χ1v) is 5.68. The minimum absolute atomic E-state index is 0.0694. The van der Waals surface area contributed by atoms with Crippen molar-refractivity contribution in [3.05, 3.63) is 29.3 Å². The zero-order chi connectivity index (χ0) is 12.1. The first-order valence-electron chi connectivity index (χ1n) is 5.68. The topological polar surface area (TPSA) is 52.5 Å². The second kappa shape index (κ2) is 5.87. The Morgan fingerprint density at radius 2 is 2.00 bits per heavy atom. The quantitative estimate of drug-likeness (QED) is 0.713. The number of aliphatic hydroxyl groups excluding tert-OH is 1. The molecule has 90 valence electrons. The minimum Gasteiger partial charge on any atom is -0.507 e. The molecule has 0 bridgehead atoms. The lowest BCUT2D eigenvalue weighted by Gasteiger charge is -2.20. The molecule has 0 amide bonds. The van der Waals surface area contributed by atoms with Gasteiger partial charge in [0.2, 0.25) is 0 Å². The highest BCUT2D eigenvalue weighted by Gasteiger charge is 2.12. The van der Waals surface area contributed by atoms with Gasteiger partial charge in [0.1, 0.15) is 5.75 Å². The number of para-hydroxylation sites is 1. The van der Waals surface area contributed by atoms with Gasteiger partial charge >= 0.3 is 0 Å². The van der Waals surface area contributed by atoms with Crippen LogP contribution in [0.5, 0.6) is 5.75 Å². The van der Waals surface area contributed by atoms with Crippen molar-refractivity contribution >= 4 is 0 Å². The summed E-state index contributed by atoms with van der Waals surface area (Å²) in [6.45, 7) is 6.69. The molecule has 16 heavy (non-hydrogen) atoms. The van der Waals surface area contributed by atoms with E-state index >= 15 is 0 Å². The van der Waals surface area contributed by atoms with Gasteiger partial charge in [-0.05, 0) is 18.4 Å². The molecule has 0 aliphatic rings. The molecule has 0 radical (unpaired) electrons. The van der Waals surface area contributed by atoms with Crippen LogP contribution in [0, 0.1) is 12.8 Å². The van der Waals surface area contributed by atoms with E-state index in [1.54, 1.807) is 0 Å². The normalized spacial score (nSPS) is 13.1. The van der Waals surface area contributed by atoms with Crippen LogP contribution in [0.15, 0.2) is 18.2 Å². The van der Waals surface area contributed by atoms with Gasteiger partial charge in [-0.25, -0.2) is 0 Å². The van der Waals surface area contributed by atoms with E-state index in [4.69, 9.17) is 0 Å². The van der Waals surface area contributed by atoms with Crippen molar-refractivity contribution in [3.8, 4) is 5.75 Å². The predicted octanol–water partition coefficient (Wildman–Crippen LogP) is 1.81. The maximum atomic E-state index is 9.82. The average Bonchev–Trinajstić information content (AvgIpc) is 2.24. The summed E-state index contributed by atoms with van der Waals surface area (Å²) in [5.41, 5.74) is 1.75. The van der Waals surface area contributed by atoms with Crippen LogP contribution in [-0.4, -0.2) is 22.9 Å². The number of aliphatic hydroxyl groups is 1. The molecule has 0 saturated heterocycles. The van der Waals surface area contributed by atoms with Crippen LogP contribution in [0.1, 0.15) is 25.0 Å². The van der Waals surface area contributed by atoms with Gasteiger partial charge in [0.25, 0.3) is 0 Å². The van der Waals surface area contributed by atoms with Gasteiger partial charge in [0.15, 0.2) is 0 Å². The Balaban J connectivity index is 2.64. The second-order valence-corrected chi connectivity index (χ2v) is 4.50. The third-order valence-corrected chi connectivity index (χ3v) is 2.88. The third-order valence-electron chi connectivity index (χ3n) is 2.88. The largest absolute Gasteiger partial charge is 0.507 e. The maximum absolute atomic E-state index is 9.82. The van der Waals surface area contributed by atoms with E-state index in [0.29, 0.717) is 18.2 Å². The van der Waals surface area contributed by atoms with E-state index in [-0.39, 0.29) is 12.6 Å². The zero-order valence-electron chi connectivity index (χ0n) is 10.2. The van der Waals surface area contributed by atoms with Crippen LogP contribution < -0.4 is 5.32 Å². The van der Waals surface area contributed by atoms with Crippen LogP contribution in [0.3, 0.4) is 0 Å². The first-order chi connectivity index (χ1) is 7.56. The molecule has 3 nitrogen and oxygen atoms in total. The van der Waals surface area contributed by atoms with Gasteiger partial charge in [0, 0.05) is 18.2 Å². The summed E-state index contributed by atoms with van der Waals surface area (Å²) >= 11 is 0. The number of rotatable bonds is 5. The first kappa shape index (κ1) is 13.0. The number of phenols is 1. The van der Waals surface area contributed by atoms with Gasteiger partial charge in [0.05, 0.1) is 6.61 Å². The standard InChI is InChI=1S/C13H21NO2/c1-9(2)12(8-15)14-7-11-6-4-5-10(3)13(11)16/h4-6,9,12,14-16H,7-8H2,1-3H3/t12-/m1/s1. The summed E-state index contributed by atoms with van der Waals surface area (Å²) in [6.07, 6.45) is 0. The fourth-order valence-electron chi connectivity index (χ4n) is 1.61. The number of phenolic OH excluding ortho intramolecular Hbond substituents is 1. The number of aromatic hydroxyl groups is 1. The highest BCUT2D eigenvalue weighted by atomic mass is 16.3. The van der Waals surface area contributed by atoms with Crippen molar-refractivity contribution in [2.45, 2.75) is 33.4 Å². The summed E-state index contributed by atoms with van der Waals surface area (Å²) in [7, 11) is 0. The van der Waals surface area contributed by atoms with Gasteiger partial charge in [-0.3, -0.25) is 0 Å². The molecular formula is C13H21NO2. The lowest BCUT2D eigenvalue weighted by molar-refractivity contribution is 0.209. The Kier molecular flexibility index (Phi) is 4.77. The van der Waals surface area contributed by atoms with Gasteiger partial charge in [-0.15, -0.1) is 0 Å².